The second-order valence-electron chi connectivity index (χ2n) is 9.88. The number of methoxy groups -OCH3 is 2. The molecular weight excluding hydrogens is 547 g/mol. The summed E-state index contributed by atoms with van der Waals surface area (Å²) >= 11 is 13.0. The maximum absolute atomic E-state index is 14.3. The largest absolute Gasteiger partial charge is 0.508 e. The normalized spacial score (nSPS) is 15.6. The van der Waals surface area contributed by atoms with Crippen LogP contribution in [0.2, 0.25) is 10.0 Å². The Morgan fingerprint density at radius 3 is 2.00 bits per heavy atom. The van der Waals surface area contributed by atoms with E-state index in [4.69, 9.17) is 32.7 Å². The molecular formula is C29H22Cl2O8. The third kappa shape index (κ3) is 3.48. The summed E-state index contributed by atoms with van der Waals surface area (Å²) in [6.07, 6.45) is 0. The quantitative estimate of drug-likeness (QED) is 0.330. The number of carbonyl (C=O) groups excluding carboxylic acids is 3. The van der Waals surface area contributed by atoms with Gasteiger partial charge in [-0.15, -0.1) is 0 Å². The molecule has 5 rings (SSSR count). The number of rotatable bonds is 3. The highest BCUT2D eigenvalue weighted by Crippen LogP contribution is 2.54. The Balaban J connectivity index is 1.92. The summed E-state index contributed by atoms with van der Waals surface area (Å²) in [6, 6.07) is 5.11. The molecule has 3 aromatic rings. The molecule has 8 nitrogen and oxygen atoms in total. The van der Waals surface area contributed by atoms with Crippen LogP contribution in [0.5, 0.6) is 28.7 Å². The molecule has 3 N–H and O–H groups in total. The van der Waals surface area contributed by atoms with Crippen LogP contribution >= 0.6 is 23.2 Å². The van der Waals surface area contributed by atoms with Crippen LogP contribution < -0.4 is 9.47 Å². The Hall–Kier alpha value is -4.01. The van der Waals surface area contributed by atoms with Gasteiger partial charge in [0.05, 0.1) is 35.9 Å². The van der Waals surface area contributed by atoms with E-state index in [0.717, 1.165) is 6.07 Å². The van der Waals surface area contributed by atoms with Crippen molar-refractivity contribution < 1.29 is 39.2 Å². The lowest BCUT2D eigenvalue weighted by Crippen LogP contribution is -2.41. The fourth-order valence-corrected chi connectivity index (χ4v) is 6.13. The Labute approximate surface area is 233 Å². The summed E-state index contributed by atoms with van der Waals surface area (Å²) in [5.74, 6) is -3.29. The molecule has 0 aliphatic heterocycles. The van der Waals surface area contributed by atoms with Crippen molar-refractivity contribution in [3.05, 3.63) is 73.3 Å². The van der Waals surface area contributed by atoms with Gasteiger partial charge in [0.25, 0.3) is 0 Å². The molecule has 0 saturated carbocycles. The number of ether oxygens (including phenoxy) is 2. The average molecular weight is 569 g/mol. The Kier molecular flexibility index (Phi) is 5.97. The molecule has 2 aliphatic rings. The molecule has 0 aromatic heterocycles. The van der Waals surface area contributed by atoms with Crippen LogP contribution in [-0.4, -0.2) is 46.9 Å². The standard InChI is InChI=1S/C29H22Cl2O8/c1-10-6-15(34)23(30)28(39-5)17(10)12-9-16(38-4)24(31)20-18(12)25(35)21-22(27(20)37)29(2,3)13-7-11(32)8-14(33)19(13)26(21)36/h6-9,32-34H,1-5H3. The van der Waals surface area contributed by atoms with Gasteiger partial charge in [0, 0.05) is 33.7 Å². The van der Waals surface area contributed by atoms with Crippen molar-refractivity contribution in [2.45, 2.75) is 26.2 Å². The first-order valence-electron chi connectivity index (χ1n) is 11.7. The number of fused-ring (bicyclic) bond motifs is 2. The SMILES string of the molecule is COc1cc(-c2c(C)cc(O)c(Cl)c2OC)c2c(c1Cl)C(=O)C1=C(C(=O)c3c(O)cc(O)cc3C1(C)C)C2=O. The number of hydrogen-bond donors (Lipinski definition) is 3. The van der Waals surface area contributed by atoms with E-state index >= 15 is 0 Å². The first-order chi connectivity index (χ1) is 18.3. The number of hydrogen-bond acceptors (Lipinski definition) is 8. The van der Waals surface area contributed by atoms with Crippen LogP contribution in [0.1, 0.15) is 56.0 Å². The number of benzene rings is 3. The minimum absolute atomic E-state index is 0.0366. The number of carbonyl (C=O) groups is 3. The molecule has 10 heteroatoms. The van der Waals surface area contributed by atoms with Gasteiger partial charge in [-0.1, -0.05) is 37.0 Å². The fraction of sp³-hybridized carbons (Fsp3) is 0.207. The van der Waals surface area contributed by atoms with Gasteiger partial charge < -0.3 is 24.8 Å². The van der Waals surface area contributed by atoms with Gasteiger partial charge >= 0.3 is 0 Å². The summed E-state index contributed by atoms with van der Waals surface area (Å²) in [6.45, 7) is 4.88. The molecule has 200 valence electrons. The molecule has 0 unspecified atom stereocenters. The van der Waals surface area contributed by atoms with E-state index in [1.54, 1.807) is 20.8 Å². The molecule has 0 amide bonds. The number of allylic oxidation sites excluding steroid dienone is 2. The zero-order chi connectivity index (χ0) is 28.7. The van der Waals surface area contributed by atoms with Gasteiger partial charge in [-0.25, -0.2) is 0 Å². The van der Waals surface area contributed by atoms with Crippen LogP contribution in [0.4, 0.5) is 0 Å². The second-order valence-corrected chi connectivity index (χ2v) is 10.6. The van der Waals surface area contributed by atoms with Gasteiger partial charge in [-0.2, -0.15) is 0 Å². The van der Waals surface area contributed by atoms with E-state index in [1.807, 2.05) is 0 Å². The Morgan fingerprint density at radius 2 is 1.38 bits per heavy atom. The highest BCUT2D eigenvalue weighted by Gasteiger charge is 2.51. The van der Waals surface area contributed by atoms with Gasteiger partial charge in [0.15, 0.2) is 11.6 Å². The monoisotopic (exact) mass is 568 g/mol. The third-order valence-electron chi connectivity index (χ3n) is 7.34. The zero-order valence-corrected chi connectivity index (χ0v) is 23.0. The smallest absolute Gasteiger partial charge is 0.201 e. The maximum Gasteiger partial charge on any atom is 0.201 e. The van der Waals surface area contributed by atoms with E-state index in [-0.39, 0.29) is 72.0 Å². The molecule has 0 bridgehead atoms. The fourth-order valence-electron chi connectivity index (χ4n) is 5.59. The predicted molar refractivity (Wildman–Crippen MR) is 144 cm³/mol. The van der Waals surface area contributed by atoms with Crippen LogP contribution in [0.25, 0.3) is 11.1 Å². The summed E-state index contributed by atoms with van der Waals surface area (Å²) in [5, 5.41) is 30.7. The van der Waals surface area contributed by atoms with Gasteiger partial charge in [0.1, 0.15) is 33.8 Å². The number of phenols is 3. The first kappa shape index (κ1) is 26.6. The number of phenolic OH excluding ortho intramolecular Hbond substituents is 3. The first-order valence-corrected chi connectivity index (χ1v) is 12.5. The van der Waals surface area contributed by atoms with Crippen molar-refractivity contribution in [3.8, 4) is 39.9 Å². The second kappa shape index (κ2) is 8.76. The topological polar surface area (TPSA) is 130 Å². The third-order valence-corrected chi connectivity index (χ3v) is 8.08. The van der Waals surface area contributed by atoms with Crippen LogP contribution in [0, 0.1) is 6.92 Å². The molecule has 0 spiro atoms. The molecule has 0 radical (unpaired) electrons. The van der Waals surface area contributed by atoms with Crippen molar-refractivity contribution >= 4 is 40.6 Å². The summed E-state index contributed by atoms with van der Waals surface area (Å²) in [5.41, 5.74) is -1.24. The molecule has 0 heterocycles. The molecule has 0 fully saturated rings. The Bertz CT molecular complexity index is 1720. The van der Waals surface area contributed by atoms with Crippen molar-refractivity contribution in [2.24, 2.45) is 0 Å². The predicted octanol–water partition coefficient (Wildman–Crippen LogP) is 5.95. The van der Waals surface area contributed by atoms with Crippen LogP contribution in [-0.2, 0) is 5.41 Å². The number of ketones is 3. The Morgan fingerprint density at radius 1 is 0.744 bits per heavy atom. The molecule has 39 heavy (non-hydrogen) atoms. The summed E-state index contributed by atoms with van der Waals surface area (Å²) < 4.78 is 10.9. The molecule has 0 saturated heterocycles. The summed E-state index contributed by atoms with van der Waals surface area (Å²) in [7, 11) is 2.68. The van der Waals surface area contributed by atoms with Crippen molar-refractivity contribution in [1.82, 2.24) is 0 Å². The minimum Gasteiger partial charge on any atom is -0.508 e. The van der Waals surface area contributed by atoms with Crippen LogP contribution in [0.3, 0.4) is 0 Å². The van der Waals surface area contributed by atoms with E-state index in [1.165, 1.54) is 32.4 Å². The van der Waals surface area contributed by atoms with Gasteiger partial charge in [-0.3, -0.25) is 14.4 Å². The van der Waals surface area contributed by atoms with Gasteiger partial charge in [-0.05, 0) is 36.2 Å². The average Bonchev–Trinajstić information content (AvgIpc) is 2.86. The molecule has 3 aromatic carbocycles. The molecule has 0 atom stereocenters. The summed E-state index contributed by atoms with van der Waals surface area (Å²) in [4.78, 5) is 42.3. The number of aromatic hydroxyl groups is 3. The highest BCUT2D eigenvalue weighted by atomic mass is 35.5. The van der Waals surface area contributed by atoms with E-state index in [2.05, 4.69) is 0 Å². The molecule has 2 aliphatic carbocycles. The van der Waals surface area contributed by atoms with Crippen LogP contribution in [0.15, 0.2) is 35.4 Å². The van der Waals surface area contributed by atoms with Crippen molar-refractivity contribution in [3.63, 3.8) is 0 Å². The van der Waals surface area contributed by atoms with E-state index in [0.29, 0.717) is 5.56 Å². The van der Waals surface area contributed by atoms with E-state index < -0.39 is 34.1 Å². The number of Topliss-reactive ketones (excluding diaryl/α,β-unsaturated/α-hetero) is 3. The van der Waals surface area contributed by atoms with Gasteiger partial charge in [0.2, 0.25) is 5.78 Å². The zero-order valence-electron chi connectivity index (χ0n) is 21.4. The van der Waals surface area contributed by atoms with E-state index in [9.17, 15) is 29.7 Å². The van der Waals surface area contributed by atoms with Crippen molar-refractivity contribution in [2.75, 3.05) is 14.2 Å². The lowest BCUT2D eigenvalue weighted by atomic mass is 9.62. The number of aryl methyl sites for hydroxylation is 1. The maximum atomic E-state index is 14.3. The lowest BCUT2D eigenvalue weighted by Gasteiger charge is -2.38. The van der Waals surface area contributed by atoms with Crippen molar-refractivity contribution in [1.29, 1.82) is 0 Å². The highest BCUT2D eigenvalue weighted by molar-refractivity contribution is 6.46. The minimum atomic E-state index is -1.28. The number of halogens is 2. The lowest BCUT2D eigenvalue weighted by molar-refractivity contribution is 0.0909.